The molecule has 16 heteroatoms. The molecule has 2 aliphatic heterocycles. The number of piperidine rings is 1. The Labute approximate surface area is 232 Å². The molecule has 3 aromatic rings. The van der Waals surface area contributed by atoms with Crippen LogP contribution in [-0.2, 0) is 4.74 Å². The second-order valence-corrected chi connectivity index (χ2v) is 11.9. The van der Waals surface area contributed by atoms with Crippen LogP contribution in [0, 0.1) is 5.82 Å². The Hall–Kier alpha value is -2.26. The molecule has 2 N–H and O–H groups in total. The minimum absolute atomic E-state index is 0. The summed E-state index contributed by atoms with van der Waals surface area (Å²) in [5.74, 6) is -0.804. The van der Waals surface area contributed by atoms with Gasteiger partial charge in [-0.2, -0.15) is 0 Å². The number of imidazole rings is 1. The predicted octanol–water partition coefficient (Wildman–Crippen LogP) is 6.67. The second kappa shape index (κ2) is 10.3. The van der Waals surface area contributed by atoms with Gasteiger partial charge in [-0.15, -0.1) is 24.8 Å². The van der Waals surface area contributed by atoms with Crippen LogP contribution >= 0.6 is 35.0 Å². The molecule has 2 aromatic heterocycles. The third-order valence-corrected chi connectivity index (χ3v) is 7.89. The average molecular weight is 622 g/mol. The first-order valence-corrected chi connectivity index (χ1v) is 13.7. The molecule has 0 aliphatic carbocycles. The summed E-state index contributed by atoms with van der Waals surface area (Å²) in [6, 6.07) is 1.96. The van der Waals surface area contributed by atoms with E-state index in [2.05, 4.69) is 20.3 Å². The molecular weight excluding hydrogens is 595 g/mol. The van der Waals surface area contributed by atoms with E-state index in [-0.39, 0.29) is 73.7 Å². The lowest BCUT2D eigenvalue weighted by atomic mass is 9.88. The molecule has 2 saturated heterocycles. The molecule has 0 unspecified atom stereocenters. The van der Waals surface area contributed by atoms with Gasteiger partial charge in [0.2, 0.25) is 0 Å². The number of ether oxygens (including phenoxy) is 1. The maximum absolute atomic E-state index is 14.9. The van der Waals surface area contributed by atoms with Crippen molar-refractivity contribution < 1.29 is 33.4 Å². The average Bonchev–Trinajstić information content (AvgIpc) is 3.27. The van der Waals surface area contributed by atoms with E-state index in [1.807, 2.05) is 6.92 Å². The van der Waals surface area contributed by atoms with Crippen LogP contribution in [0.1, 0.15) is 53.5 Å². The maximum atomic E-state index is 14.9. The number of rotatable bonds is 4. The summed E-state index contributed by atoms with van der Waals surface area (Å²) in [7, 11) is -9.81. The Bertz CT molecular complexity index is 1350. The van der Waals surface area contributed by atoms with Crippen molar-refractivity contribution in [3.63, 3.8) is 0 Å². The van der Waals surface area contributed by atoms with Crippen molar-refractivity contribution in [1.29, 1.82) is 0 Å². The highest BCUT2D eigenvalue weighted by Gasteiger charge is 2.65. The van der Waals surface area contributed by atoms with Gasteiger partial charge in [-0.05, 0) is 49.9 Å². The van der Waals surface area contributed by atoms with Gasteiger partial charge < -0.3 is 19.9 Å². The van der Waals surface area contributed by atoms with Crippen LogP contribution in [-0.4, -0.2) is 58.0 Å². The van der Waals surface area contributed by atoms with E-state index in [4.69, 9.17) is 4.74 Å². The van der Waals surface area contributed by atoms with Crippen molar-refractivity contribution in [1.82, 2.24) is 25.2 Å². The summed E-state index contributed by atoms with van der Waals surface area (Å²) < 4.78 is 85.7. The molecule has 39 heavy (non-hydrogen) atoms. The molecule has 0 bridgehead atoms. The number of fused-ring (bicyclic) bond motifs is 1. The normalized spacial score (nSPS) is 22.4. The van der Waals surface area contributed by atoms with Crippen molar-refractivity contribution in [2.75, 3.05) is 26.2 Å². The summed E-state index contributed by atoms with van der Waals surface area (Å²) in [6.45, 7) is 3.62. The summed E-state index contributed by atoms with van der Waals surface area (Å²) >= 11 is 0. The first kappa shape index (κ1) is 31.3. The van der Waals surface area contributed by atoms with Gasteiger partial charge >= 0.3 is 10.2 Å². The minimum Gasteiger partial charge on any atom is -0.365 e. The van der Waals surface area contributed by atoms with Gasteiger partial charge in [0.05, 0.1) is 17.8 Å². The number of halogens is 8. The number of amides is 1. The van der Waals surface area contributed by atoms with Gasteiger partial charge in [0.1, 0.15) is 22.6 Å². The zero-order valence-corrected chi connectivity index (χ0v) is 23.0. The van der Waals surface area contributed by atoms with Crippen LogP contribution in [0.5, 0.6) is 0 Å². The molecule has 4 heterocycles. The Morgan fingerprint density at radius 2 is 1.69 bits per heavy atom. The molecule has 2 aliphatic rings. The molecule has 5 rings (SSSR count). The molecule has 218 valence electrons. The number of aromatic nitrogens is 3. The number of nitrogens with one attached hydrogen (secondary N) is 2. The van der Waals surface area contributed by atoms with Gasteiger partial charge in [0, 0.05) is 37.3 Å². The van der Waals surface area contributed by atoms with Gasteiger partial charge in [-0.3, -0.25) is 4.79 Å². The van der Waals surface area contributed by atoms with E-state index in [0.717, 1.165) is 18.3 Å². The quantitative estimate of drug-likeness (QED) is 0.318. The lowest BCUT2D eigenvalue weighted by molar-refractivity contribution is -0.0326. The summed E-state index contributed by atoms with van der Waals surface area (Å²) in [6.07, 6.45) is 1.54. The number of likely N-dealkylation sites (tertiary alicyclic amines) is 1. The maximum Gasteiger partial charge on any atom is 0.310 e. The van der Waals surface area contributed by atoms with Crippen LogP contribution in [0.3, 0.4) is 0 Å². The number of carbonyl (C=O) groups excluding carboxylic acids is 1. The Morgan fingerprint density at radius 1 is 1.05 bits per heavy atom. The number of hydrogen-bond acceptors (Lipinski definition) is 5. The van der Waals surface area contributed by atoms with Crippen molar-refractivity contribution >= 4 is 52.1 Å². The number of hydrogen-bond donors (Lipinski definition) is 2. The lowest BCUT2D eigenvalue weighted by Gasteiger charge is -2.40. The smallest absolute Gasteiger partial charge is 0.310 e. The molecule has 1 amide bonds. The third-order valence-electron chi connectivity index (χ3n) is 6.73. The molecular formula is C23H27Cl2F6N5O2S. The second-order valence-electron chi connectivity index (χ2n) is 9.49. The molecule has 0 radical (unpaired) electrons. The first-order chi connectivity index (χ1) is 17.2. The monoisotopic (exact) mass is 621 g/mol. The number of H-pyrrole nitrogens is 1. The Morgan fingerprint density at radius 3 is 2.28 bits per heavy atom. The largest absolute Gasteiger partial charge is 0.365 e. The molecule has 2 atom stereocenters. The van der Waals surface area contributed by atoms with Gasteiger partial charge in [0.25, 0.3) is 5.91 Å². The topological polar surface area (TPSA) is 83.1 Å². The molecule has 0 spiro atoms. The Kier molecular flexibility index (Phi) is 8.25. The highest BCUT2D eigenvalue weighted by atomic mass is 35.5. The van der Waals surface area contributed by atoms with E-state index in [1.54, 1.807) is 0 Å². The standard InChI is InChI=1S/C23H25F6N5O2S.2ClH/c1-13-10-30-12-18(36-13)21-32-20-19(17(24)11-31-22(20)33-21)14-6-8-34(9-7-14)23(35)15-2-4-16(5-3-15)37(25,26,27,28)29;;/h2-5,11,13-14,18,30H,6-10,12H2,1H3,(H,31,32,33);2*1H/t13-,18-;;/m1../s1. The Balaban J connectivity index is 0.00000210. The van der Waals surface area contributed by atoms with Crippen molar-refractivity contribution in [2.45, 2.75) is 42.8 Å². The van der Waals surface area contributed by atoms with Crippen LogP contribution < -0.4 is 5.32 Å². The summed E-state index contributed by atoms with van der Waals surface area (Å²) in [5.41, 5.74) is 1.10. The van der Waals surface area contributed by atoms with Crippen molar-refractivity contribution in [3.05, 3.63) is 53.2 Å². The lowest BCUT2D eigenvalue weighted by Crippen LogP contribution is -2.39. The number of aromatic amines is 1. The molecule has 0 saturated carbocycles. The highest BCUT2D eigenvalue weighted by molar-refractivity contribution is 8.45. The number of pyridine rings is 1. The highest BCUT2D eigenvalue weighted by Crippen LogP contribution is 3.02. The minimum atomic E-state index is -9.81. The fourth-order valence-electron chi connectivity index (χ4n) is 4.89. The van der Waals surface area contributed by atoms with Crippen molar-refractivity contribution in [3.8, 4) is 0 Å². The van der Waals surface area contributed by atoms with E-state index in [9.17, 15) is 28.6 Å². The number of nitrogens with zero attached hydrogens (tertiary/aromatic N) is 3. The van der Waals surface area contributed by atoms with E-state index < -0.39 is 26.8 Å². The van der Waals surface area contributed by atoms with E-state index in [1.165, 1.54) is 4.90 Å². The van der Waals surface area contributed by atoms with Crippen LogP contribution in [0.15, 0.2) is 35.4 Å². The third kappa shape index (κ3) is 6.56. The zero-order valence-electron chi connectivity index (χ0n) is 20.5. The number of benzene rings is 1. The summed E-state index contributed by atoms with van der Waals surface area (Å²) in [5, 5.41) is 3.25. The van der Waals surface area contributed by atoms with E-state index >= 15 is 0 Å². The van der Waals surface area contributed by atoms with Crippen LogP contribution in [0.2, 0.25) is 0 Å². The van der Waals surface area contributed by atoms with Crippen LogP contribution in [0.25, 0.3) is 11.2 Å². The number of morpholine rings is 1. The number of carbonyl (C=O) groups is 1. The molecule has 2 fully saturated rings. The fourth-order valence-corrected chi connectivity index (χ4v) is 5.54. The van der Waals surface area contributed by atoms with Crippen LogP contribution in [0.4, 0.5) is 23.8 Å². The fraction of sp³-hybridized carbons (Fsp3) is 0.435. The van der Waals surface area contributed by atoms with Crippen molar-refractivity contribution in [2.24, 2.45) is 0 Å². The summed E-state index contributed by atoms with van der Waals surface area (Å²) in [4.78, 5) is 23.9. The predicted molar refractivity (Wildman–Crippen MR) is 140 cm³/mol. The van der Waals surface area contributed by atoms with Gasteiger partial charge in [0.15, 0.2) is 5.65 Å². The van der Waals surface area contributed by atoms with E-state index in [0.29, 0.717) is 48.5 Å². The SMILES string of the molecule is C[C@@H]1CNC[C@H](c2nc3ncc(F)c(C4CCN(C(=O)c5ccc(S(F)(F)(F)(F)F)cc5)CC4)c3[nH]2)O1.Cl.Cl. The van der Waals surface area contributed by atoms with Gasteiger partial charge in [-0.1, -0.05) is 19.4 Å². The zero-order chi connectivity index (χ0) is 26.7. The first-order valence-electron chi connectivity index (χ1n) is 11.7. The molecule has 1 aromatic carbocycles. The van der Waals surface area contributed by atoms with Gasteiger partial charge in [-0.25, -0.2) is 14.4 Å². The molecule has 7 nitrogen and oxygen atoms in total.